The van der Waals surface area contributed by atoms with E-state index in [4.69, 9.17) is 10.5 Å². The van der Waals surface area contributed by atoms with Crippen LogP contribution in [0, 0.1) is 0 Å². The van der Waals surface area contributed by atoms with Crippen molar-refractivity contribution >= 4 is 10.8 Å². The maximum atomic E-state index is 11.3. The first-order chi connectivity index (χ1) is 7.27. The molecule has 0 aromatic rings. The maximum absolute atomic E-state index is 11.3. The Bertz CT molecular complexity index is 232. The molecule has 2 N–H and O–H groups in total. The predicted octanol–water partition coefficient (Wildman–Crippen LogP) is -0.441. The van der Waals surface area contributed by atoms with Crippen LogP contribution in [0.2, 0.25) is 0 Å². The van der Waals surface area contributed by atoms with Crippen LogP contribution in [-0.4, -0.2) is 59.0 Å². The second kappa shape index (κ2) is 4.91. The van der Waals surface area contributed by atoms with Gasteiger partial charge in [0.05, 0.1) is 0 Å². The van der Waals surface area contributed by atoms with E-state index in [0.29, 0.717) is 6.54 Å². The van der Waals surface area contributed by atoms with Gasteiger partial charge in [-0.25, -0.2) is 0 Å². The van der Waals surface area contributed by atoms with E-state index in [-0.39, 0.29) is 5.54 Å². The predicted molar refractivity (Wildman–Crippen MR) is 61.3 cm³/mol. The topological polar surface area (TPSA) is 55.6 Å². The van der Waals surface area contributed by atoms with Gasteiger partial charge in [-0.2, -0.15) is 0 Å². The average molecular weight is 232 g/mol. The lowest BCUT2D eigenvalue weighted by atomic mass is 9.88. The Morgan fingerprint density at radius 2 is 1.87 bits per heavy atom. The molecular formula is C10H20N2O2S. The van der Waals surface area contributed by atoms with Crippen molar-refractivity contribution in [1.29, 1.82) is 0 Å². The molecule has 15 heavy (non-hydrogen) atoms. The van der Waals surface area contributed by atoms with Crippen LogP contribution in [0.15, 0.2) is 0 Å². The Labute approximate surface area is 93.6 Å². The highest BCUT2D eigenvalue weighted by molar-refractivity contribution is 7.85. The minimum Gasteiger partial charge on any atom is -0.381 e. The molecule has 2 fully saturated rings. The molecule has 2 rings (SSSR count). The SMILES string of the molecule is NCC1(N2CCS(=O)CC2)CCOCC1. The first-order valence-corrected chi connectivity index (χ1v) is 7.13. The van der Waals surface area contributed by atoms with Gasteiger partial charge in [-0.1, -0.05) is 0 Å². The van der Waals surface area contributed by atoms with Crippen molar-refractivity contribution in [1.82, 2.24) is 4.90 Å². The minimum absolute atomic E-state index is 0.128. The van der Waals surface area contributed by atoms with Gasteiger partial charge in [0.2, 0.25) is 0 Å². The summed E-state index contributed by atoms with van der Waals surface area (Å²) < 4.78 is 16.7. The fourth-order valence-corrected chi connectivity index (χ4v) is 3.57. The van der Waals surface area contributed by atoms with E-state index >= 15 is 0 Å². The molecule has 0 unspecified atom stereocenters. The summed E-state index contributed by atoms with van der Waals surface area (Å²) in [6.45, 7) is 4.20. The highest BCUT2D eigenvalue weighted by Crippen LogP contribution is 2.27. The van der Waals surface area contributed by atoms with Crippen LogP contribution >= 0.6 is 0 Å². The molecule has 0 saturated carbocycles. The summed E-state index contributed by atoms with van der Waals surface area (Å²) in [5, 5.41) is 0. The summed E-state index contributed by atoms with van der Waals surface area (Å²) in [5.74, 6) is 1.62. The minimum atomic E-state index is -0.599. The first-order valence-electron chi connectivity index (χ1n) is 5.65. The van der Waals surface area contributed by atoms with E-state index in [9.17, 15) is 4.21 Å². The number of rotatable bonds is 2. The van der Waals surface area contributed by atoms with Crippen molar-refractivity contribution in [2.45, 2.75) is 18.4 Å². The van der Waals surface area contributed by atoms with Gasteiger partial charge in [0.1, 0.15) is 0 Å². The Kier molecular flexibility index (Phi) is 3.77. The molecule has 88 valence electrons. The van der Waals surface area contributed by atoms with E-state index in [0.717, 1.165) is 50.7 Å². The quantitative estimate of drug-likeness (QED) is 0.701. The van der Waals surface area contributed by atoms with Crippen molar-refractivity contribution in [2.75, 3.05) is 44.4 Å². The van der Waals surface area contributed by atoms with Gasteiger partial charge < -0.3 is 10.5 Å². The normalized spacial score (nSPS) is 29.1. The molecule has 4 nitrogen and oxygen atoms in total. The third kappa shape index (κ3) is 2.41. The van der Waals surface area contributed by atoms with E-state index in [1.165, 1.54) is 0 Å². The molecule has 2 saturated heterocycles. The number of nitrogens with zero attached hydrogens (tertiary/aromatic N) is 1. The summed E-state index contributed by atoms with van der Waals surface area (Å²) in [6, 6.07) is 0. The van der Waals surface area contributed by atoms with Gasteiger partial charge in [0.25, 0.3) is 0 Å². The molecule has 2 heterocycles. The molecule has 0 radical (unpaired) electrons. The Morgan fingerprint density at radius 1 is 1.27 bits per heavy atom. The third-order valence-electron chi connectivity index (χ3n) is 3.65. The Morgan fingerprint density at radius 3 is 2.40 bits per heavy atom. The molecule has 0 aliphatic carbocycles. The molecule has 2 aliphatic rings. The Balaban J connectivity index is 2.01. The lowest BCUT2D eigenvalue weighted by Crippen LogP contribution is -2.60. The zero-order chi connectivity index (χ0) is 10.7. The number of hydrogen-bond donors (Lipinski definition) is 1. The molecule has 0 amide bonds. The summed E-state index contributed by atoms with van der Waals surface area (Å²) in [5.41, 5.74) is 6.06. The monoisotopic (exact) mass is 232 g/mol. The average Bonchev–Trinajstić information content (AvgIpc) is 2.31. The molecule has 2 aliphatic heterocycles. The highest BCUT2D eigenvalue weighted by atomic mass is 32.2. The maximum Gasteiger partial charge on any atom is 0.0484 e. The fraction of sp³-hybridized carbons (Fsp3) is 1.00. The van der Waals surface area contributed by atoms with E-state index in [2.05, 4.69) is 4.90 Å². The van der Waals surface area contributed by atoms with Gasteiger partial charge >= 0.3 is 0 Å². The molecule has 0 bridgehead atoms. The van der Waals surface area contributed by atoms with Crippen molar-refractivity contribution in [3.63, 3.8) is 0 Å². The van der Waals surface area contributed by atoms with Crippen LogP contribution in [0.25, 0.3) is 0 Å². The molecule has 0 atom stereocenters. The van der Waals surface area contributed by atoms with E-state index < -0.39 is 10.8 Å². The van der Waals surface area contributed by atoms with Crippen LogP contribution in [0.4, 0.5) is 0 Å². The first kappa shape index (κ1) is 11.5. The van der Waals surface area contributed by atoms with Crippen LogP contribution in [-0.2, 0) is 15.5 Å². The highest BCUT2D eigenvalue weighted by Gasteiger charge is 2.38. The molecule has 5 heteroatoms. The number of nitrogens with two attached hydrogens (primary N) is 1. The van der Waals surface area contributed by atoms with Crippen LogP contribution in [0.5, 0.6) is 0 Å². The summed E-state index contributed by atoms with van der Waals surface area (Å²) >= 11 is 0. The molecule has 0 aromatic heterocycles. The van der Waals surface area contributed by atoms with E-state index in [1.807, 2.05) is 0 Å². The molecule has 0 aromatic carbocycles. The van der Waals surface area contributed by atoms with Crippen molar-refractivity contribution < 1.29 is 8.95 Å². The summed E-state index contributed by atoms with van der Waals surface area (Å²) in [6.07, 6.45) is 2.05. The zero-order valence-corrected chi connectivity index (χ0v) is 9.93. The fourth-order valence-electron chi connectivity index (χ4n) is 2.51. The molecule has 0 spiro atoms. The van der Waals surface area contributed by atoms with Gasteiger partial charge in [-0.05, 0) is 12.8 Å². The lowest BCUT2D eigenvalue weighted by Gasteiger charge is -2.47. The van der Waals surface area contributed by atoms with Crippen molar-refractivity contribution in [3.05, 3.63) is 0 Å². The summed E-state index contributed by atoms with van der Waals surface area (Å²) in [7, 11) is -0.599. The lowest BCUT2D eigenvalue weighted by molar-refractivity contribution is -0.0203. The smallest absolute Gasteiger partial charge is 0.0484 e. The largest absolute Gasteiger partial charge is 0.381 e. The zero-order valence-electron chi connectivity index (χ0n) is 9.11. The van der Waals surface area contributed by atoms with Crippen LogP contribution in [0.3, 0.4) is 0 Å². The van der Waals surface area contributed by atoms with Crippen molar-refractivity contribution in [3.8, 4) is 0 Å². The van der Waals surface area contributed by atoms with Crippen molar-refractivity contribution in [2.24, 2.45) is 5.73 Å². The van der Waals surface area contributed by atoms with E-state index in [1.54, 1.807) is 0 Å². The van der Waals surface area contributed by atoms with Crippen LogP contribution < -0.4 is 5.73 Å². The Hall–Kier alpha value is 0.0300. The molecular weight excluding hydrogens is 212 g/mol. The van der Waals surface area contributed by atoms with Gasteiger partial charge in [0, 0.05) is 60.7 Å². The number of ether oxygens (including phenoxy) is 1. The van der Waals surface area contributed by atoms with Gasteiger partial charge in [-0.3, -0.25) is 9.11 Å². The standard InChI is InChI=1S/C10H20N2O2S/c11-9-10(1-5-14-6-2-10)12-3-7-15(13)8-4-12/h1-9,11H2. The summed E-state index contributed by atoms with van der Waals surface area (Å²) in [4.78, 5) is 2.44. The number of hydrogen-bond acceptors (Lipinski definition) is 4. The second-order valence-electron chi connectivity index (χ2n) is 4.38. The van der Waals surface area contributed by atoms with Gasteiger partial charge in [-0.15, -0.1) is 0 Å². The van der Waals surface area contributed by atoms with Gasteiger partial charge in [0.15, 0.2) is 0 Å². The third-order valence-corrected chi connectivity index (χ3v) is 4.93. The van der Waals surface area contributed by atoms with Crippen LogP contribution in [0.1, 0.15) is 12.8 Å². The second-order valence-corrected chi connectivity index (χ2v) is 6.07.